The van der Waals surface area contributed by atoms with E-state index >= 15 is 0 Å². The monoisotopic (exact) mass is 990 g/mol. The Labute approximate surface area is 446 Å². The highest BCUT2D eigenvalue weighted by atomic mass is 16.5. The van der Waals surface area contributed by atoms with Gasteiger partial charge in [-0.15, -0.1) is 0 Å². The van der Waals surface area contributed by atoms with Crippen LogP contribution in [0.1, 0.15) is 50.8 Å². The number of anilines is 5. The van der Waals surface area contributed by atoms with Crippen LogP contribution in [0.25, 0.3) is 54.7 Å². The molecule has 3 aliphatic rings. The van der Waals surface area contributed by atoms with Gasteiger partial charge in [0.15, 0.2) is 0 Å². The summed E-state index contributed by atoms with van der Waals surface area (Å²) in [6.07, 6.45) is 23.8. The van der Waals surface area contributed by atoms with Gasteiger partial charge in [0.25, 0.3) is 0 Å². The number of fused-ring (bicyclic) bond motifs is 12. The zero-order chi connectivity index (χ0) is 52.2. The molecule has 6 heteroatoms. The second-order valence-electron chi connectivity index (χ2n) is 19.8. The van der Waals surface area contributed by atoms with Crippen LogP contribution in [0.3, 0.4) is 0 Å². The van der Waals surface area contributed by atoms with Crippen molar-refractivity contribution >= 4 is 72.0 Å². The van der Waals surface area contributed by atoms with Crippen molar-refractivity contribution < 1.29 is 9.47 Å². The number of hydrogen-bond acceptors (Lipinski definition) is 4. The third kappa shape index (κ3) is 7.45. The van der Waals surface area contributed by atoms with E-state index in [1.165, 1.54) is 60.4 Å². The minimum absolute atomic E-state index is 0.656. The van der Waals surface area contributed by atoms with Gasteiger partial charge in [-0.2, -0.15) is 0 Å². The van der Waals surface area contributed by atoms with Crippen molar-refractivity contribution in [3.63, 3.8) is 0 Å². The lowest BCUT2D eigenvalue weighted by Gasteiger charge is -2.41. The third-order valence-corrected chi connectivity index (χ3v) is 15.8. The Balaban J connectivity index is 1.12. The molecule has 0 amide bonds. The average Bonchev–Trinajstić information content (AvgIpc) is 4.12. The quantitative estimate of drug-likeness (QED) is 0.108. The molecule has 9 aromatic rings. The number of allylic oxidation sites excluding steroid dienone is 14. The number of aryl methyl sites for hydroxylation is 3. The van der Waals surface area contributed by atoms with Crippen LogP contribution in [0.4, 0.5) is 28.4 Å². The Hall–Kier alpha value is -9.00. The van der Waals surface area contributed by atoms with Crippen molar-refractivity contribution in [2.45, 2.75) is 59.5 Å². The molecule has 1 spiro atoms. The molecule has 0 saturated carbocycles. The molecule has 0 saturated heterocycles. The van der Waals surface area contributed by atoms with Crippen LogP contribution in [0, 0.1) is 6.92 Å². The molecule has 1 atom stereocenters. The highest BCUT2D eigenvalue weighted by Crippen LogP contribution is 2.62. The van der Waals surface area contributed by atoms with Crippen LogP contribution in [0.15, 0.2) is 248 Å². The van der Waals surface area contributed by atoms with Crippen molar-refractivity contribution in [1.82, 2.24) is 9.13 Å². The van der Waals surface area contributed by atoms with Crippen molar-refractivity contribution in [3.8, 4) is 16.9 Å². The summed E-state index contributed by atoms with van der Waals surface area (Å²) < 4.78 is 17.5. The van der Waals surface area contributed by atoms with E-state index in [9.17, 15) is 0 Å². The van der Waals surface area contributed by atoms with E-state index < -0.39 is 5.41 Å². The highest BCUT2D eigenvalue weighted by molar-refractivity contribution is 6.11. The lowest BCUT2D eigenvalue weighted by atomic mass is 9.64. The Morgan fingerprint density at radius 1 is 0.645 bits per heavy atom. The minimum Gasteiger partial charge on any atom is -0.497 e. The standard InChI is InChI=1S/C70H62N4O2/c1-9-14-22-48(11-3)73(52-31-37-59-60-39-33-54(75-8)45-68(60)72(13-5)67(59)43-52)50-29-35-55-56-36-30-51(42-64(56)70(63(55)41-50)61(25-15-10-2)47(7)76-69-27-21-17-20-26-62(69)70)74(49-23-18-16-19-24-49)53-32-38-58-57-34-28-46(6)40-65(57)71(12-4)66(58)44-53/h9-11,14-26,28-45H,1-2,12-13,27H2,3-8H3/b22-14-,25-15-,48-11+. The summed E-state index contributed by atoms with van der Waals surface area (Å²) in [7, 11) is 1.73. The molecule has 12 rings (SSSR count). The Morgan fingerprint density at radius 2 is 1.22 bits per heavy atom. The highest BCUT2D eigenvalue weighted by Gasteiger charge is 2.52. The van der Waals surface area contributed by atoms with Gasteiger partial charge >= 0.3 is 0 Å². The maximum atomic E-state index is 6.97. The molecule has 0 N–H and O–H groups in total. The van der Waals surface area contributed by atoms with E-state index in [4.69, 9.17) is 9.47 Å². The first kappa shape index (κ1) is 48.0. The van der Waals surface area contributed by atoms with Gasteiger partial charge in [0.2, 0.25) is 0 Å². The first-order valence-electron chi connectivity index (χ1n) is 26.5. The molecule has 6 nitrogen and oxygen atoms in total. The second kappa shape index (κ2) is 19.4. The van der Waals surface area contributed by atoms with Crippen molar-refractivity contribution in [1.29, 1.82) is 0 Å². The molecular weight excluding hydrogens is 929 g/mol. The lowest BCUT2D eigenvalue weighted by molar-refractivity contribution is 0.272. The number of hydrogen-bond donors (Lipinski definition) is 0. The molecule has 374 valence electrons. The molecule has 2 aromatic heterocycles. The summed E-state index contributed by atoms with van der Waals surface area (Å²) in [4.78, 5) is 4.81. The predicted molar refractivity (Wildman–Crippen MR) is 321 cm³/mol. The summed E-state index contributed by atoms with van der Waals surface area (Å²) in [5.74, 6) is 2.64. The fourth-order valence-electron chi connectivity index (χ4n) is 12.5. The van der Waals surface area contributed by atoms with E-state index in [0.717, 1.165) is 86.7 Å². The third-order valence-electron chi connectivity index (χ3n) is 15.8. The molecule has 1 unspecified atom stereocenters. The van der Waals surface area contributed by atoms with E-state index in [1.54, 1.807) is 7.11 Å². The van der Waals surface area contributed by atoms with Gasteiger partial charge in [0.05, 0.1) is 29.1 Å². The summed E-state index contributed by atoms with van der Waals surface area (Å²) >= 11 is 0. The van der Waals surface area contributed by atoms with Crippen LogP contribution >= 0.6 is 0 Å². The Morgan fingerprint density at radius 3 is 1.89 bits per heavy atom. The van der Waals surface area contributed by atoms with Crippen LogP contribution < -0.4 is 14.5 Å². The minimum atomic E-state index is -0.800. The van der Waals surface area contributed by atoms with Gasteiger partial charge < -0.3 is 28.4 Å². The van der Waals surface area contributed by atoms with E-state index in [2.05, 4.69) is 255 Å². The smallest absolute Gasteiger partial charge is 0.120 e. The first-order valence-corrected chi connectivity index (χ1v) is 26.5. The number of nitrogens with zero attached hydrogens (tertiary/aromatic N) is 4. The number of ether oxygens (including phenoxy) is 2. The fraction of sp³-hybridized carbons (Fsp3) is 0.143. The van der Waals surface area contributed by atoms with Crippen molar-refractivity contribution in [3.05, 3.63) is 265 Å². The normalized spacial score (nSPS) is 16.1. The maximum absolute atomic E-state index is 6.97. The largest absolute Gasteiger partial charge is 0.497 e. The van der Waals surface area contributed by atoms with Crippen LogP contribution in [-0.4, -0.2) is 16.2 Å². The zero-order valence-electron chi connectivity index (χ0n) is 44.3. The van der Waals surface area contributed by atoms with Gasteiger partial charge in [-0.05, 0) is 147 Å². The molecule has 0 bridgehead atoms. The number of rotatable bonds is 13. The molecule has 0 fully saturated rings. The van der Waals surface area contributed by atoms with Crippen molar-refractivity contribution in [2.24, 2.45) is 0 Å². The zero-order valence-corrected chi connectivity index (χ0v) is 44.3. The van der Waals surface area contributed by atoms with Crippen molar-refractivity contribution in [2.75, 3.05) is 16.9 Å². The second-order valence-corrected chi connectivity index (χ2v) is 19.8. The van der Waals surface area contributed by atoms with E-state index in [0.29, 0.717) is 6.42 Å². The van der Waals surface area contributed by atoms with Gasteiger partial charge in [0.1, 0.15) is 17.3 Å². The van der Waals surface area contributed by atoms with Crippen LogP contribution in [0.2, 0.25) is 0 Å². The number of aromatic nitrogens is 2. The summed E-state index contributed by atoms with van der Waals surface area (Å²) in [6, 6.07) is 52.0. The number of para-hydroxylation sites is 1. The van der Waals surface area contributed by atoms with Gasteiger partial charge in [-0.25, -0.2) is 0 Å². The molecular formula is C70H62N4O2. The molecule has 7 aromatic carbocycles. The summed E-state index contributed by atoms with van der Waals surface area (Å²) in [6.45, 7) is 20.8. The first-order chi connectivity index (χ1) is 37.2. The van der Waals surface area contributed by atoms with Gasteiger partial charge in [-0.1, -0.05) is 129 Å². The van der Waals surface area contributed by atoms with Crippen LogP contribution in [0.5, 0.6) is 5.75 Å². The summed E-state index contributed by atoms with van der Waals surface area (Å²) in [5.41, 5.74) is 18.5. The molecule has 0 radical (unpaired) electrons. The number of methoxy groups -OCH3 is 1. The topological polar surface area (TPSA) is 34.8 Å². The Bertz CT molecular complexity index is 4090. The van der Waals surface area contributed by atoms with E-state index in [1.807, 2.05) is 18.2 Å². The van der Waals surface area contributed by atoms with Gasteiger partial charge in [0, 0.05) is 97.9 Å². The van der Waals surface area contributed by atoms with Crippen LogP contribution in [-0.2, 0) is 23.2 Å². The Kier molecular flexibility index (Phi) is 12.2. The predicted octanol–water partition coefficient (Wildman–Crippen LogP) is 18.6. The van der Waals surface area contributed by atoms with Gasteiger partial charge in [-0.3, -0.25) is 0 Å². The molecule has 3 heterocycles. The molecule has 1 aliphatic heterocycles. The lowest BCUT2D eigenvalue weighted by Crippen LogP contribution is -2.34. The molecule has 76 heavy (non-hydrogen) atoms. The van der Waals surface area contributed by atoms with E-state index in [-0.39, 0.29) is 0 Å². The average molecular weight is 991 g/mol. The summed E-state index contributed by atoms with van der Waals surface area (Å²) in [5, 5.41) is 4.93. The fourth-order valence-corrected chi connectivity index (χ4v) is 12.5. The molecule has 2 aliphatic carbocycles. The maximum Gasteiger partial charge on any atom is 0.120 e. The number of benzene rings is 7. The SMILES string of the molecule is C=C/C=C\C1=C(C)OC2=C(C=CC=CC2)C12c1cc(N(C(/C=C\C=C)=C/C)c3ccc4c5ccc(OC)cc5n(CC)c4c3)ccc1-c1ccc(N(c3ccccc3)c3ccc4c5ccc(C)cc5n(CC)c4c3)cc12.